The van der Waals surface area contributed by atoms with Gasteiger partial charge in [-0.05, 0) is 35.0 Å². The van der Waals surface area contributed by atoms with Gasteiger partial charge in [-0.15, -0.1) is 5.10 Å². The molecule has 5 nitrogen and oxygen atoms in total. The molecule has 17 heavy (non-hydrogen) atoms. The Hall–Kier alpha value is -0.0536. The molecule has 2 aromatic rings. The molecule has 0 saturated carbocycles. The van der Waals surface area contributed by atoms with E-state index >= 15 is 0 Å². The van der Waals surface area contributed by atoms with E-state index in [1.807, 2.05) is 24.3 Å². The molecule has 0 spiro atoms. The van der Waals surface area contributed by atoms with E-state index in [0.29, 0.717) is 5.16 Å². The van der Waals surface area contributed by atoms with E-state index in [-0.39, 0.29) is 51.4 Å². The van der Waals surface area contributed by atoms with Crippen LogP contribution in [0, 0.1) is 0 Å². The zero-order valence-corrected chi connectivity index (χ0v) is 13.9. The van der Waals surface area contributed by atoms with E-state index in [9.17, 15) is 0 Å². The SMILES string of the molecule is CCCNc1cccc(-n2nnnc2[S-])c1.[K+]. The minimum Gasteiger partial charge on any atom is -0.738 e. The van der Waals surface area contributed by atoms with Crippen molar-refractivity contribution in [1.82, 2.24) is 20.2 Å². The number of hydrogen-bond acceptors (Lipinski definition) is 5. The Morgan fingerprint density at radius 3 is 2.88 bits per heavy atom. The van der Waals surface area contributed by atoms with Crippen LogP contribution in [0.5, 0.6) is 0 Å². The molecular weight excluding hydrogens is 261 g/mol. The average molecular weight is 273 g/mol. The number of nitrogens with one attached hydrogen (secondary N) is 1. The Labute approximate surface area is 148 Å². The molecule has 0 bridgehead atoms. The predicted octanol–water partition coefficient (Wildman–Crippen LogP) is -1.61. The van der Waals surface area contributed by atoms with Crippen molar-refractivity contribution in [2.45, 2.75) is 18.5 Å². The fourth-order valence-corrected chi connectivity index (χ4v) is 1.54. The van der Waals surface area contributed by atoms with Crippen molar-refractivity contribution >= 4 is 18.3 Å². The summed E-state index contributed by atoms with van der Waals surface area (Å²) in [4.78, 5) is 0. The van der Waals surface area contributed by atoms with E-state index < -0.39 is 0 Å². The van der Waals surface area contributed by atoms with Gasteiger partial charge in [0.15, 0.2) is 0 Å². The summed E-state index contributed by atoms with van der Waals surface area (Å²) in [6, 6.07) is 7.85. The van der Waals surface area contributed by atoms with E-state index in [0.717, 1.165) is 24.3 Å². The maximum absolute atomic E-state index is 5.00. The van der Waals surface area contributed by atoms with Crippen LogP contribution in [0.2, 0.25) is 0 Å². The molecule has 1 heterocycles. The topological polar surface area (TPSA) is 55.6 Å². The monoisotopic (exact) mass is 273 g/mol. The van der Waals surface area contributed by atoms with Crippen LogP contribution in [0.3, 0.4) is 0 Å². The Kier molecular flexibility index (Phi) is 6.53. The van der Waals surface area contributed by atoms with Crippen LogP contribution in [0.25, 0.3) is 5.69 Å². The third-order valence-electron chi connectivity index (χ3n) is 2.11. The number of anilines is 1. The summed E-state index contributed by atoms with van der Waals surface area (Å²) in [5.41, 5.74) is 1.92. The van der Waals surface area contributed by atoms with Crippen LogP contribution in [-0.2, 0) is 12.6 Å². The smallest absolute Gasteiger partial charge is 0.738 e. The van der Waals surface area contributed by atoms with E-state index in [1.165, 1.54) is 4.68 Å². The van der Waals surface area contributed by atoms with E-state index in [2.05, 4.69) is 27.8 Å². The van der Waals surface area contributed by atoms with Crippen molar-refractivity contribution in [3.8, 4) is 5.69 Å². The number of benzene rings is 1. The van der Waals surface area contributed by atoms with Crippen molar-refractivity contribution in [1.29, 1.82) is 0 Å². The van der Waals surface area contributed by atoms with Crippen LogP contribution in [0.15, 0.2) is 29.4 Å². The summed E-state index contributed by atoms with van der Waals surface area (Å²) in [6.07, 6.45) is 1.08. The zero-order valence-electron chi connectivity index (χ0n) is 9.92. The summed E-state index contributed by atoms with van der Waals surface area (Å²) >= 11 is 5.00. The third-order valence-corrected chi connectivity index (χ3v) is 2.37. The molecule has 2 rings (SSSR count). The minimum atomic E-state index is 0. The summed E-state index contributed by atoms with van der Waals surface area (Å²) in [7, 11) is 0. The molecule has 0 aliphatic rings. The van der Waals surface area contributed by atoms with Gasteiger partial charge in [0, 0.05) is 17.4 Å². The van der Waals surface area contributed by atoms with Crippen molar-refractivity contribution in [2.24, 2.45) is 0 Å². The summed E-state index contributed by atoms with van der Waals surface area (Å²) in [5, 5.41) is 14.7. The first kappa shape index (κ1) is 15.0. The summed E-state index contributed by atoms with van der Waals surface area (Å²) in [6.45, 7) is 3.07. The maximum Gasteiger partial charge on any atom is 1.00 e. The Morgan fingerprint density at radius 1 is 1.41 bits per heavy atom. The Morgan fingerprint density at radius 2 is 2.24 bits per heavy atom. The second-order valence-corrected chi connectivity index (χ2v) is 3.72. The molecular formula is C10H12KN5S. The molecule has 0 amide bonds. The van der Waals surface area contributed by atoms with Crippen molar-refractivity contribution in [3.63, 3.8) is 0 Å². The first-order valence-electron chi connectivity index (χ1n) is 5.11. The van der Waals surface area contributed by atoms with Crippen molar-refractivity contribution in [3.05, 3.63) is 24.3 Å². The van der Waals surface area contributed by atoms with Gasteiger partial charge in [0.2, 0.25) is 0 Å². The molecule has 84 valence electrons. The van der Waals surface area contributed by atoms with Gasteiger partial charge in [0.1, 0.15) is 0 Å². The Bertz CT molecular complexity index is 473. The summed E-state index contributed by atoms with van der Waals surface area (Å²) < 4.78 is 1.53. The largest absolute Gasteiger partial charge is 1.00 e. The van der Waals surface area contributed by atoms with Gasteiger partial charge in [0.25, 0.3) is 0 Å². The van der Waals surface area contributed by atoms with Gasteiger partial charge in [0.05, 0.1) is 5.69 Å². The fourth-order valence-electron chi connectivity index (χ4n) is 1.36. The Balaban J connectivity index is 0.00000144. The fraction of sp³-hybridized carbons (Fsp3) is 0.300. The van der Waals surface area contributed by atoms with E-state index in [1.54, 1.807) is 0 Å². The zero-order chi connectivity index (χ0) is 11.4. The third kappa shape index (κ3) is 3.97. The number of tetrazole rings is 1. The first-order valence-corrected chi connectivity index (χ1v) is 5.52. The van der Waals surface area contributed by atoms with E-state index in [4.69, 9.17) is 12.6 Å². The van der Waals surface area contributed by atoms with Gasteiger partial charge < -0.3 is 17.9 Å². The minimum absolute atomic E-state index is 0. The molecule has 1 N–H and O–H groups in total. The van der Waals surface area contributed by atoms with Crippen LogP contribution >= 0.6 is 0 Å². The van der Waals surface area contributed by atoms with Gasteiger partial charge in [-0.25, -0.2) is 4.68 Å². The molecule has 0 aliphatic heterocycles. The van der Waals surface area contributed by atoms with Gasteiger partial charge >= 0.3 is 51.4 Å². The standard InChI is InChI=1S/C10H13N5S.K/c1-2-6-11-8-4-3-5-9(7-8)15-10(16)12-13-14-15;/h3-5,7,11H,2,6H2,1H3,(H,12,14,16);/q;+1/p-1. The van der Waals surface area contributed by atoms with Gasteiger partial charge in [-0.3, -0.25) is 0 Å². The van der Waals surface area contributed by atoms with Crippen LogP contribution in [0.4, 0.5) is 5.69 Å². The number of rotatable bonds is 4. The van der Waals surface area contributed by atoms with Crippen LogP contribution in [0.1, 0.15) is 13.3 Å². The molecule has 0 fully saturated rings. The molecule has 0 aliphatic carbocycles. The molecule has 1 aromatic heterocycles. The normalized spacial score (nSPS) is 9.71. The van der Waals surface area contributed by atoms with Crippen molar-refractivity contribution in [2.75, 3.05) is 11.9 Å². The molecule has 0 unspecified atom stereocenters. The molecule has 0 atom stereocenters. The van der Waals surface area contributed by atoms with Gasteiger partial charge in [-0.2, -0.15) is 0 Å². The molecule has 0 saturated heterocycles. The quantitative estimate of drug-likeness (QED) is 0.537. The van der Waals surface area contributed by atoms with Crippen LogP contribution < -0.4 is 56.7 Å². The average Bonchev–Trinajstić information content (AvgIpc) is 2.73. The molecule has 0 radical (unpaired) electrons. The maximum atomic E-state index is 5.00. The van der Waals surface area contributed by atoms with Crippen molar-refractivity contribution < 1.29 is 51.4 Å². The number of nitrogens with zero attached hydrogens (tertiary/aromatic N) is 4. The second kappa shape index (κ2) is 7.40. The molecule has 7 heteroatoms. The predicted molar refractivity (Wildman–Crippen MR) is 63.6 cm³/mol. The second-order valence-electron chi connectivity index (χ2n) is 3.35. The van der Waals surface area contributed by atoms with Crippen LogP contribution in [-0.4, -0.2) is 26.8 Å². The number of hydrogen-bond donors (Lipinski definition) is 1. The molecule has 1 aromatic carbocycles. The first-order chi connectivity index (χ1) is 7.81. The summed E-state index contributed by atoms with van der Waals surface area (Å²) in [5.74, 6) is 0. The number of aromatic nitrogens is 4. The van der Waals surface area contributed by atoms with Gasteiger partial charge in [-0.1, -0.05) is 13.0 Å².